The normalized spacial score (nSPS) is 15.0. The Labute approximate surface area is 129 Å². The van der Waals surface area contributed by atoms with Crippen LogP contribution in [-0.4, -0.2) is 59.5 Å². The fourth-order valence-electron chi connectivity index (χ4n) is 1.92. The monoisotopic (exact) mass is 355 g/mol. The van der Waals surface area contributed by atoms with E-state index < -0.39 is 12.0 Å². The minimum atomic E-state index is -1.08. The zero-order valence-electron chi connectivity index (χ0n) is 11.3. The molecule has 112 valence electrons. The van der Waals surface area contributed by atoms with Gasteiger partial charge in [-0.15, -0.1) is 0 Å². The minimum absolute atomic E-state index is 0.0160. The molecule has 0 aromatic heterocycles. The quantitative estimate of drug-likeness (QED) is 0.840. The number of rotatable bonds is 2. The van der Waals surface area contributed by atoms with E-state index in [-0.39, 0.29) is 18.0 Å². The molecule has 0 aliphatic carbocycles. The van der Waals surface area contributed by atoms with Gasteiger partial charge in [-0.2, -0.15) is 0 Å². The Morgan fingerprint density at radius 3 is 2.62 bits per heavy atom. The van der Waals surface area contributed by atoms with Crippen LogP contribution >= 0.6 is 15.9 Å². The van der Waals surface area contributed by atoms with Crippen LogP contribution in [0.5, 0.6) is 0 Å². The molecule has 8 heteroatoms. The lowest BCUT2D eigenvalue weighted by Crippen LogP contribution is -2.51. The van der Waals surface area contributed by atoms with Gasteiger partial charge >= 0.3 is 12.0 Å². The number of aromatic carboxylic acids is 1. The highest BCUT2D eigenvalue weighted by Gasteiger charge is 2.24. The van der Waals surface area contributed by atoms with Crippen molar-refractivity contribution in [2.45, 2.75) is 0 Å². The van der Waals surface area contributed by atoms with Gasteiger partial charge < -0.3 is 20.2 Å². The van der Waals surface area contributed by atoms with Gasteiger partial charge in [0.05, 0.1) is 5.56 Å². The predicted octanol–water partition coefficient (Wildman–Crippen LogP) is 1.45. The lowest BCUT2D eigenvalue weighted by atomic mass is 10.2. The summed E-state index contributed by atoms with van der Waals surface area (Å²) in [6.07, 6.45) is 0. The fourth-order valence-corrected chi connectivity index (χ4v) is 2.41. The van der Waals surface area contributed by atoms with E-state index >= 15 is 0 Å². The maximum Gasteiger partial charge on any atom is 0.335 e. The summed E-state index contributed by atoms with van der Waals surface area (Å²) in [5, 5.41) is 11.6. The molecular weight excluding hydrogens is 342 g/mol. The number of carbonyl (C=O) groups excluding carboxylic acids is 2. The van der Waals surface area contributed by atoms with Crippen LogP contribution in [0, 0.1) is 0 Å². The molecule has 1 fully saturated rings. The topological polar surface area (TPSA) is 89.9 Å². The van der Waals surface area contributed by atoms with Crippen LogP contribution in [0.1, 0.15) is 10.4 Å². The number of halogens is 1. The van der Waals surface area contributed by atoms with Crippen LogP contribution < -0.4 is 5.32 Å². The smallest absolute Gasteiger partial charge is 0.335 e. The molecule has 0 saturated carbocycles. The average Bonchev–Trinajstić information content (AvgIpc) is 2.41. The van der Waals surface area contributed by atoms with Crippen molar-refractivity contribution in [2.24, 2.45) is 0 Å². The molecule has 2 N–H and O–H groups in total. The number of nitrogens with one attached hydrogen (secondary N) is 1. The van der Waals surface area contributed by atoms with E-state index in [2.05, 4.69) is 21.2 Å². The van der Waals surface area contributed by atoms with Crippen molar-refractivity contribution in [3.63, 3.8) is 0 Å². The first kappa shape index (κ1) is 15.3. The van der Waals surface area contributed by atoms with Gasteiger partial charge in [-0.3, -0.25) is 4.79 Å². The number of anilines is 1. The Morgan fingerprint density at radius 1 is 1.29 bits per heavy atom. The van der Waals surface area contributed by atoms with Gasteiger partial charge in [-0.1, -0.05) is 15.9 Å². The zero-order chi connectivity index (χ0) is 15.6. The van der Waals surface area contributed by atoms with E-state index in [1.807, 2.05) is 0 Å². The molecule has 0 bridgehead atoms. The van der Waals surface area contributed by atoms with Crippen molar-refractivity contribution in [2.75, 3.05) is 32.0 Å². The standard InChI is InChI=1S/C13H14BrN3O4/c1-16-2-3-17(7-11(16)18)13(21)15-10-5-8(12(19)20)4-9(14)6-10/h4-6H,2-3,7H2,1H3,(H,15,21)(H,19,20). The first-order valence-corrected chi connectivity index (χ1v) is 7.00. The fraction of sp³-hybridized carbons (Fsp3) is 0.308. The summed E-state index contributed by atoms with van der Waals surface area (Å²) in [6.45, 7) is 0.932. The summed E-state index contributed by atoms with van der Waals surface area (Å²) in [5.41, 5.74) is 0.423. The molecule has 0 atom stereocenters. The summed E-state index contributed by atoms with van der Waals surface area (Å²) < 4.78 is 0.548. The van der Waals surface area contributed by atoms with Gasteiger partial charge in [0.25, 0.3) is 0 Å². The van der Waals surface area contributed by atoms with Crippen LogP contribution in [-0.2, 0) is 4.79 Å². The van der Waals surface area contributed by atoms with Gasteiger partial charge in [0.2, 0.25) is 5.91 Å². The second kappa shape index (κ2) is 6.13. The Hall–Kier alpha value is -2.09. The third-order valence-electron chi connectivity index (χ3n) is 3.14. The number of carboxylic acid groups (broad SMARTS) is 1. The zero-order valence-corrected chi connectivity index (χ0v) is 12.9. The number of carbonyl (C=O) groups is 3. The molecule has 1 aromatic carbocycles. The summed E-state index contributed by atoms with van der Waals surface area (Å²) >= 11 is 3.20. The molecule has 2 rings (SSSR count). The van der Waals surface area contributed by atoms with E-state index in [9.17, 15) is 14.4 Å². The molecule has 1 aromatic rings. The Morgan fingerprint density at radius 2 is 2.00 bits per heavy atom. The highest BCUT2D eigenvalue weighted by Crippen LogP contribution is 2.20. The predicted molar refractivity (Wildman–Crippen MR) is 79.3 cm³/mol. The number of likely N-dealkylation sites (N-methyl/N-ethyl adjacent to an activating group) is 1. The number of carboxylic acids is 1. The molecule has 0 radical (unpaired) electrons. The second-order valence-electron chi connectivity index (χ2n) is 4.70. The Bertz CT molecular complexity index is 605. The molecule has 3 amide bonds. The Balaban J connectivity index is 2.09. The number of piperazine rings is 1. The number of nitrogens with zero attached hydrogens (tertiary/aromatic N) is 2. The van der Waals surface area contributed by atoms with Gasteiger partial charge in [-0.25, -0.2) is 9.59 Å². The van der Waals surface area contributed by atoms with Gasteiger partial charge in [0.1, 0.15) is 6.54 Å². The summed E-state index contributed by atoms with van der Waals surface area (Å²) in [4.78, 5) is 37.6. The average molecular weight is 356 g/mol. The van der Waals surface area contributed by atoms with Crippen molar-refractivity contribution in [3.05, 3.63) is 28.2 Å². The number of hydrogen-bond donors (Lipinski definition) is 2. The summed E-state index contributed by atoms with van der Waals surface area (Å²) in [6, 6.07) is 3.98. The molecule has 1 aliphatic rings. The molecule has 1 aliphatic heterocycles. The van der Waals surface area contributed by atoms with Gasteiger partial charge in [-0.05, 0) is 18.2 Å². The molecule has 21 heavy (non-hydrogen) atoms. The molecule has 1 heterocycles. The van der Waals surface area contributed by atoms with Crippen molar-refractivity contribution in [1.29, 1.82) is 0 Å². The van der Waals surface area contributed by atoms with Crippen molar-refractivity contribution in [1.82, 2.24) is 9.80 Å². The van der Waals surface area contributed by atoms with E-state index in [0.29, 0.717) is 23.2 Å². The molecule has 0 spiro atoms. The molecule has 7 nitrogen and oxygen atoms in total. The second-order valence-corrected chi connectivity index (χ2v) is 5.62. The summed E-state index contributed by atoms with van der Waals surface area (Å²) in [7, 11) is 1.69. The van der Waals surface area contributed by atoms with E-state index in [4.69, 9.17) is 5.11 Å². The van der Waals surface area contributed by atoms with Gasteiger partial charge in [0, 0.05) is 30.3 Å². The first-order chi connectivity index (χ1) is 9.86. The Kier molecular flexibility index (Phi) is 4.46. The SMILES string of the molecule is CN1CCN(C(=O)Nc2cc(Br)cc(C(=O)O)c2)CC1=O. The largest absolute Gasteiger partial charge is 0.478 e. The summed E-state index contributed by atoms with van der Waals surface area (Å²) in [5.74, 6) is -1.21. The molecule has 0 unspecified atom stereocenters. The lowest BCUT2D eigenvalue weighted by molar-refractivity contribution is -0.133. The highest BCUT2D eigenvalue weighted by atomic mass is 79.9. The van der Waals surface area contributed by atoms with Gasteiger partial charge in [0.15, 0.2) is 0 Å². The lowest BCUT2D eigenvalue weighted by Gasteiger charge is -2.31. The van der Waals surface area contributed by atoms with Crippen molar-refractivity contribution >= 4 is 39.5 Å². The van der Waals surface area contributed by atoms with Crippen LogP contribution in [0.25, 0.3) is 0 Å². The van der Waals surface area contributed by atoms with Crippen molar-refractivity contribution in [3.8, 4) is 0 Å². The number of hydrogen-bond acceptors (Lipinski definition) is 3. The van der Waals surface area contributed by atoms with Crippen LogP contribution in [0.2, 0.25) is 0 Å². The van der Waals surface area contributed by atoms with Crippen molar-refractivity contribution < 1.29 is 19.5 Å². The van der Waals surface area contributed by atoms with E-state index in [1.54, 1.807) is 18.0 Å². The van der Waals surface area contributed by atoms with Crippen LogP contribution in [0.3, 0.4) is 0 Å². The number of amides is 3. The molecule has 1 saturated heterocycles. The number of urea groups is 1. The highest BCUT2D eigenvalue weighted by molar-refractivity contribution is 9.10. The third kappa shape index (κ3) is 3.72. The maximum absolute atomic E-state index is 12.1. The van der Waals surface area contributed by atoms with Crippen LogP contribution in [0.15, 0.2) is 22.7 Å². The first-order valence-electron chi connectivity index (χ1n) is 6.20. The van der Waals surface area contributed by atoms with E-state index in [1.165, 1.54) is 17.0 Å². The van der Waals surface area contributed by atoms with Crippen LogP contribution in [0.4, 0.5) is 10.5 Å². The number of benzene rings is 1. The minimum Gasteiger partial charge on any atom is -0.478 e. The maximum atomic E-state index is 12.1. The van der Waals surface area contributed by atoms with E-state index in [0.717, 1.165) is 0 Å². The third-order valence-corrected chi connectivity index (χ3v) is 3.60. The molecular formula is C13H14BrN3O4.